The molecule has 20 heavy (non-hydrogen) atoms. The minimum atomic E-state index is -0.167. The van der Waals surface area contributed by atoms with Gasteiger partial charge in [0.1, 0.15) is 22.8 Å². The van der Waals surface area contributed by atoms with Gasteiger partial charge in [0, 0.05) is 25.6 Å². The minimum Gasteiger partial charge on any atom is -0.357 e. The highest BCUT2D eigenvalue weighted by atomic mass is 35.5. The molecule has 0 aliphatic carbocycles. The molecule has 110 valence electrons. The molecule has 0 spiro atoms. The van der Waals surface area contributed by atoms with Crippen molar-refractivity contribution in [1.29, 1.82) is 0 Å². The van der Waals surface area contributed by atoms with Gasteiger partial charge in [-0.1, -0.05) is 25.4 Å². The molecule has 1 amide bonds. The van der Waals surface area contributed by atoms with Gasteiger partial charge in [-0.3, -0.25) is 4.79 Å². The molecule has 1 aliphatic rings. The Morgan fingerprint density at radius 2 is 2.20 bits per heavy atom. The summed E-state index contributed by atoms with van der Waals surface area (Å²) in [6.07, 6.45) is 2.97. The largest absolute Gasteiger partial charge is 0.357 e. The van der Waals surface area contributed by atoms with Crippen LogP contribution < -0.4 is 10.2 Å². The number of amides is 1. The van der Waals surface area contributed by atoms with Gasteiger partial charge in [-0.05, 0) is 19.3 Å². The molecular formula is C14H21ClN4O. The molecule has 1 N–H and O–H groups in total. The van der Waals surface area contributed by atoms with E-state index in [2.05, 4.69) is 15.3 Å². The lowest BCUT2D eigenvalue weighted by Gasteiger charge is -2.35. The van der Waals surface area contributed by atoms with E-state index in [1.165, 1.54) is 0 Å². The van der Waals surface area contributed by atoms with Crippen molar-refractivity contribution in [3.05, 3.63) is 17.0 Å². The van der Waals surface area contributed by atoms with Gasteiger partial charge in [0.15, 0.2) is 0 Å². The van der Waals surface area contributed by atoms with Crippen LogP contribution in [-0.2, 0) is 4.79 Å². The van der Waals surface area contributed by atoms with Crippen LogP contribution in [0.15, 0.2) is 6.07 Å². The first kappa shape index (κ1) is 15.0. The summed E-state index contributed by atoms with van der Waals surface area (Å²) in [7, 11) is 1.67. The van der Waals surface area contributed by atoms with Crippen molar-refractivity contribution in [3.63, 3.8) is 0 Å². The third kappa shape index (κ3) is 3.20. The second-order valence-corrected chi connectivity index (χ2v) is 5.77. The van der Waals surface area contributed by atoms with Crippen LogP contribution in [-0.4, -0.2) is 35.5 Å². The number of carbonyl (C=O) groups excluding carboxylic acids is 1. The molecule has 1 unspecified atom stereocenters. The molecule has 1 saturated heterocycles. The number of nitrogens with zero attached hydrogens (tertiary/aromatic N) is 3. The molecule has 5 nitrogen and oxygen atoms in total. The number of anilines is 1. The number of likely N-dealkylation sites (N-methyl/N-ethyl adjacent to an activating group) is 1. The zero-order valence-electron chi connectivity index (χ0n) is 12.2. The summed E-state index contributed by atoms with van der Waals surface area (Å²) in [6.45, 7) is 4.88. The van der Waals surface area contributed by atoms with Crippen LogP contribution in [0.25, 0.3) is 0 Å². The van der Waals surface area contributed by atoms with E-state index in [1.54, 1.807) is 13.1 Å². The minimum absolute atomic E-state index is 0.0329. The monoisotopic (exact) mass is 296 g/mol. The van der Waals surface area contributed by atoms with Crippen LogP contribution >= 0.6 is 11.6 Å². The summed E-state index contributed by atoms with van der Waals surface area (Å²) in [6, 6.07) is 1.58. The van der Waals surface area contributed by atoms with E-state index < -0.39 is 0 Å². The fourth-order valence-corrected chi connectivity index (χ4v) is 2.66. The fourth-order valence-electron chi connectivity index (χ4n) is 2.47. The van der Waals surface area contributed by atoms with Crippen molar-refractivity contribution in [1.82, 2.24) is 15.3 Å². The molecule has 6 heteroatoms. The lowest BCUT2D eigenvalue weighted by molar-refractivity contribution is -0.122. The predicted octanol–water partition coefficient (Wildman–Crippen LogP) is 2.36. The molecule has 1 atom stereocenters. The molecule has 0 aromatic carbocycles. The molecule has 2 rings (SSSR count). The number of halogens is 1. The van der Waals surface area contributed by atoms with Gasteiger partial charge in [-0.25, -0.2) is 9.97 Å². The maximum Gasteiger partial charge on any atom is 0.242 e. The van der Waals surface area contributed by atoms with Crippen LogP contribution in [0.1, 0.15) is 44.9 Å². The summed E-state index contributed by atoms with van der Waals surface area (Å²) in [4.78, 5) is 22.9. The maximum absolute atomic E-state index is 12.0. The van der Waals surface area contributed by atoms with Crippen LogP contribution in [0.3, 0.4) is 0 Å². The van der Waals surface area contributed by atoms with E-state index in [1.807, 2.05) is 18.7 Å². The van der Waals surface area contributed by atoms with E-state index in [4.69, 9.17) is 11.6 Å². The van der Waals surface area contributed by atoms with Crippen LogP contribution in [0.4, 0.5) is 5.82 Å². The van der Waals surface area contributed by atoms with Gasteiger partial charge in [0.25, 0.3) is 0 Å². The Bertz CT molecular complexity index is 492. The van der Waals surface area contributed by atoms with Gasteiger partial charge in [-0.2, -0.15) is 0 Å². The van der Waals surface area contributed by atoms with Crippen LogP contribution in [0.2, 0.25) is 5.15 Å². The molecule has 1 aliphatic heterocycles. The SMILES string of the molecule is CNC(=O)C1CCCCN1c1cc(Cl)nc(C(C)C)n1. The van der Waals surface area contributed by atoms with Gasteiger partial charge in [-0.15, -0.1) is 0 Å². The lowest BCUT2D eigenvalue weighted by atomic mass is 10.0. The Kier molecular flexibility index (Phi) is 4.81. The summed E-state index contributed by atoms with van der Waals surface area (Å²) < 4.78 is 0. The first-order chi connectivity index (χ1) is 9.52. The number of nitrogens with one attached hydrogen (secondary N) is 1. The van der Waals surface area contributed by atoms with Crippen molar-refractivity contribution in [2.24, 2.45) is 0 Å². The molecule has 0 radical (unpaired) electrons. The van der Waals surface area contributed by atoms with E-state index >= 15 is 0 Å². The summed E-state index contributed by atoms with van der Waals surface area (Å²) >= 11 is 6.10. The van der Waals surface area contributed by atoms with E-state index in [9.17, 15) is 4.79 Å². The Hall–Kier alpha value is -1.36. The summed E-state index contributed by atoms with van der Waals surface area (Å²) in [5.74, 6) is 1.71. The normalized spacial score (nSPS) is 19.2. The molecule has 1 fully saturated rings. The van der Waals surface area contributed by atoms with Crippen molar-refractivity contribution < 1.29 is 4.79 Å². The number of carbonyl (C=O) groups is 1. The van der Waals surface area contributed by atoms with Gasteiger partial charge in [0.05, 0.1) is 0 Å². The number of piperidine rings is 1. The second kappa shape index (κ2) is 6.39. The Labute approximate surface area is 124 Å². The predicted molar refractivity (Wildman–Crippen MR) is 80.2 cm³/mol. The first-order valence-corrected chi connectivity index (χ1v) is 7.43. The third-order valence-electron chi connectivity index (χ3n) is 3.56. The quantitative estimate of drug-likeness (QED) is 0.870. The highest BCUT2D eigenvalue weighted by molar-refractivity contribution is 6.29. The molecule has 1 aromatic rings. The van der Waals surface area contributed by atoms with Gasteiger partial charge in [0.2, 0.25) is 5.91 Å². The number of aromatic nitrogens is 2. The summed E-state index contributed by atoms with van der Waals surface area (Å²) in [5, 5.41) is 3.16. The average molecular weight is 297 g/mol. The van der Waals surface area contributed by atoms with E-state index in [0.29, 0.717) is 11.0 Å². The molecular weight excluding hydrogens is 276 g/mol. The zero-order valence-corrected chi connectivity index (χ0v) is 12.9. The number of hydrogen-bond acceptors (Lipinski definition) is 4. The highest BCUT2D eigenvalue weighted by Gasteiger charge is 2.29. The molecule has 0 bridgehead atoms. The van der Waals surface area contributed by atoms with Crippen molar-refractivity contribution in [3.8, 4) is 0 Å². The Balaban J connectivity index is 2.34. The highest BCUT2D eigenvalue weighted by Crippen LogP contribution is 2.26. The smallest absolute Gasteiger partial charge is 0.242 e. The number of hydrogen-bond donors (Lipinski definition) is 1. The van der Waals surface area contributed by atoms with Gasteiger partial charge >= 0.3 is 0 Å². The maximum atomic E-state index is 12.0. The molecule has 0 saturated carbocycles. The standard InChI is InChI=1S/C14H21ClN4O/c1-9(2)13-17-11(15)8-12(18-13)19-7-5-4-6-10(19)14(20)16-3/h8-10H,4-7H2,1-3H3,(H,16,20). The Morgan fingerprint density at radius 1 is 1.45 bits per heavy atom. The van der Waals surface area contributed by atoms with Crippen molar-refractivity contribution in [2.75, 3.05) is 18.5 Å². The zero-order chi connectivity index (χ0) is 14.7. The third-order valence-corrected chi connectivity index (χ3v) is 3.75. The lowest BCUT2D eigenvalue weighted by Crippen LogP contribution is -2.49. The first-order valence-electron chi connectivity index (χ1n) is 7.05. The van der Waals surface area contributed by atoms with E-state index in [0.717, 1.165) is 31.6 Å². The van der Waals surface area contributed by atoms with Crippen molar-refractivity contribution in [2.45, 2.75) is 45.1 Å². The van der Waals surface area contributed by atoms with E-state index in [-0.39, 0.29) is 17.9 Å². The summed E-state index contributed by atoms with van der Waals surface area (Å²) in [5.41, 5.74) is 0. The Morgan fingerprint density at radius 3 is 2.85 bits per heavy atom. The topological polar surface area (TPSA) is 58.1 Å². The van der Waals surface area contributed by atoms with Gasteiger partial charge < -0.3 is 10.2 Å². The van der Waals surface area contributed by atoms with Crippen LogP contribution in [0, 0.1) is 0 Å². The molecule has 2 heterocycles. The fraction of sp³-hybridized carbons (Fsp3) is 0.643. The average Bonchev–Trinajstić information content (AvgIpc) is 2.45. The van der Waals surface area contributed by atoms with Crippen molar-refractivity contribution >= 4 is 23.3 Å². The molecule has 1 aromatic heterocycles. The second-order valence-electron chi connectivity index (χ2n) is 5.38. The number of rotatable bonds is 3. The van der Waals surface area contributed by atoms with Crippen LogP contribution in [0.5, 0.6) is 0 Å².